The Morgan fingerprint density at radius 3 is 2.85 bits per heavy atom. The molecular weight excluding hydrogens is 279 g/mol. The van der Waals surface area contributed by atoms with Crippen molar-refractivity contribution in [3.05, 3.63) is 34.6 Å². The number of carbonyl (C=O) groups excluding carboxylic acids is 1. The third-order valence-electron chi connectivity index (χ3n) is 3.72. The Morgan fingerprint density at radius 1 is 1.55 bits per heavy atom. The number of carbonyl (C=O) groups is 1. The largest absolute Gasteiger partial charge is 0.348 e. The maximum absolute atomic E-state index is 13.7. The zero-order valence-corrected chi connectivity index (χ0v) is 12.6. The van der Waals surface area contributed by atoms with Crippen LogP contribution in [0.2, 0.25) is 5.02 Å². The molecule has 1 aromatic carbocycles. The Bertz CT molecular complexity index is 471. The Balaban J connectivity index is 1.85. The standard InChI is InChI=1S/C15H20ClFN2O/c1-10(11-6-7-11)18-15(20)9-19(2)8-12-13(16)4-3-5-14(12)17/h3-5,10-11H,6-9H2,1-2H3,(H,18,20)/p+1/t10-/m1/s1. The molecule has 1 aliphatic carbocycles. The van der Waals surface area contributed by atoms with Crippen LogP contribution in [0.3, 0.4) is 0 Å². The molecule has 0 aromatic heterocycles. The average Bonchev–Trinajstić information content (AvgIpc) is 3.17. The van der Waals surface area contributed by atoms with E-state index in [0.29, 0.717) is 29.6 Å². The quantitative estimate of drug-likeness (QED) is 0.818. The predicted octanol–water partition coefficient (Wildman–Crippen LogP) is 1.41. The van der Waals surface area contributed by atoms with E-state index in [1.807, 2.05) is 14.0 Å². The van der Waals surface area contributed by atoms with Gasteiger partial charge in [-0.15, -0.1) is 0 Å². The van der Waals surface area contributed by atoms with Crippen LogP contribution in [-0.4, -0.2) is 25.5 Å². The summed E-state index contributed by atoms with van der Waals surface area (Å²) in [5.41, 5.74) is 0.467. The van der Waals surface area contributed by atoms with Crippen molar-refractivity contribution >= 4 is 17.5 Å². The molecule has 2 atom stereocenters. The summed E-state index contributed by atoms with van der Waals surface area (Å²) in [4.78, 5) is 12.8. The van der Waals surface area contributed by atoms with Crippen LogP contribution in [-0.2, 0) is 11.3 Å². The first-order chi connectivity index (χ1) is 9.47. The molecule has 0 saturated heterocycles. The first-order valence-electron chi connectivity index (χ1n) is 7.01. The van der Waals surface area contributed by atoms with Crippen molar-refractivity contribution in [1.29, 1.82) is 0 Å². The van der Waals surface area contributed by atoms with Gasteiger partial charge in [0.25, 0.3) is 5.91 Å². The molecule has 1 aromatic rings. The van der Waals surface area contributed by atoms with Crippen molar-refractivity contribution in [1.82, 2.24) is 5.32 Å². The minimum atomic E-state index is -0.316. The number of hydrogen-bond donors (Lipinski definition) is 2. The van der Waals surface area contributed by atoms with Gasteiger partial charge in [0.05, 0.1) is 17.6 Å². The van der Waals surface area contributed by atoms with Gasteiger partial charge in [-0.25, -0.2) is 4.39 Å². The zero-order valence-electron chi connectivity index (χ0n) is 11.9. The average molecular weight is 300 g/mol. The van der Waals surface area contributed by atoms with Crippen LogP contribution >= 0.6 is 11.6 Å². The van der Waals surface area contributed by atoms with Gasteiger partial charge in [-0.05, 0) is 37.8 Å². The monoisotopic (exact) mass is 299 g/mol. The molecule has 0 spiro atoms. The number of rotatable bonds is 6. The summed E-state index contributed by atoms with van der Waals surface area (Å²) in [5, 5.41) is 3.41. The fourth-order valence-electron chi connectivity index (χ4n) is 2.36. The summed E-state index contributed by atoms with van der Waals surface area (Å²) in [6, 6.07) is 4.89. The molecule has 1 saturated carbocycles. The van der Waals surface area contributed by atoms with Crippen LogP contribution in [0.1, 0.15) is 25.3 Å². The highest BCUT2D eigenvalue weighted by Crippen LogP contribution is 2.32. The lowest BCUT2D eigenvalue weighted by molar-refractivity contribution is -0.885. The topological polar surface area (TPSA) is 33.5 Å². The maximum atomic E-state index is 13.7. The number of halogens is 2. The van der Waals surface area contributed by atoms with E-state index >= 15 is 0 Å². The molecule has 2 rings (SSSR count). The highest BCUT2D eigenvalue weighted by Gasteiger charge is 2.29. The fourth-order valence-corrected chi connectivity index (χ4v) is 2.59. The summed E-state index contributed by atoms with van der Waals surface area (Å²) < 4.78 is 13.7. The van der Waals surface area contributed by atoms with Gasteiger partial charge in [0.2, 0.25) is 0 Å². The molecule has 0 radical (unpaired) electrons. The third kappa shape index (κ3) is 4.18. The molecule has 0 bridgehead atoms. The van der Waals surface area contributed by atoms with Gasteiger partial charge in [-0.2, -0.15) is 0 Å². The number of benzene rings is 1. The van der Waals surface area contributed by atoms with Crippen LogP contribution < -0.4 is 10.2 Å². The SMILES string of the molecule is C[C@@H](NC(=O)C[NH+](C)Cc1c(F)cccc1Cl)C1CC1. The highest BCUT2D eigenvalue weighted by atomic mass is 35.5. The molecule has 1 fully saturated rings. The highest BCUT2D eigenvalue weighted by molar-refractivity contribution is 6.31. The zero-order chi connectivity index (χ0) is 14.7. The van der Waals surface area contributed by atoms with Gasteiger partial charge >= 0.3 is 0 Å². The van der Waals surface area contributed by atoms with Gasteiger partial charge in [0, 0.05) is 6.04 Å². The number of nitrogens with one attached hydrogen (secondary N) is 2. The second-order valence-electron chi connectivity index (χ2n) is 5.70. The van der Waals surface area contributed by atoms with E-state index in [2.05, 4.69) is 5.32 Å². The molecule has 0 aliphatic heterocycles. The van der Waals surface area contributed by atoms with Gasteiger partial charge in [0.15, 0.2) is 6.54 Å². The van der Waals surface area contributed by atoms with Crippen molar-refractivity contribution < 1.29 is 14.1 Å². The van der Waals surface area contributed by atoms with Crippen LogP contribution in [0.5, 0.6) is 0 Å². The summed E-state index contributed by atoms with van der Waals surface area (Å²) in [6.07, 6.45) is 2.41. The number of quaternary nitrogens is 1. The van der Waals surface area contributed by atoms with E-state index in [1.165, 1.54) is 18.9 Å². The van der Waals surface area contributed by atoms with E-state index in [1.54, 1.807) is 12.1 Å². The minimum absolute atomic E-state index is 0.00867. The fraction of sp³-hybridized carbons (Fsp3) is 0.533. The molecule has 5 heteroatoms. The molecule has 20 heavy (non-hydrogen) atoms. The molecule has 1 aliphatic rings. The first-order valence-corrected chi connectivity index (χ1v) is 7.38. The van der Waals surface area contributed by atoms with Gasteiger partial charge in [-0.1, -0.05) is 17.7 Å². The lowest BCUT2D eigenvalue weighted by Gasteiger charge is -2.17. The lowest BCUT2D eigenvalue weighted by atomic mass is 10.2. The third-order valence-corrected chi connectivity index (χ3v) is 4.07. The summed E-state index contributed by atoms with van der Waals surface area (Å²) in [7, 11) is 1.87. The van der Waals surface area contributed by atoms with E-state index < -0.39 is 0 Å². The summed E-state index contributed by atoms with van der Waals surface area (Å²) in [5.74, 6) is 0.332. The van der Waals surface area contributed by atoms with Crippen LogP contribution in [0, 0.1) is 11.7 Å². The smallest absolute Gasteiger partial charge is 0.275 e. The second-order valence-corrected chi connectivity index (χ2v) is 6.11. The van der Waals surface area contributed by atoms with E-state index in [9.17, 15) is 9.18 Å². The molecule has 2 N–H and O–H groups in total. The van der Waals surface area contributed by atoms with E-state index in [0.717, 1.165) is 4.90 Å². The molecule has 1 unspecified atom stereocenters. The Hall–Kier alpha value is -1.13. The molecule has 0 heterocycles. The van der Waals surface area contributed by atoms with Crippen LogP contribution in [0.25, 0.3) is 0 Å². The van der Waals surface area contributed by atoms with Gasteiger partial charge < -0.3 is 10.2 Å². The normalized spacial score (nSPS) is 17.6. The number of hydrogen-bond acceptors (Lipinski definition) is 1. The predicted molar refractivity (Wildman–Crippen MR) is 77.2 cm³/mol. The molecular formula is C15H21ClFN2O+. The van der Waals surface area contributed by atoms with Gasteiger partial charge in [-0.3, -0.25) is 4.79 Å². The van der Waals surface area contributed by atoms with Crippen LogP contribution in [0.15, 0.2) is 18.2 Å². The summed E-state index contributed by atoms with van der Waals surface area (Å²) >= 11 is 5.99. The maximum Gasteiger partial charge on any atom is 0.275 e. The van der Waals surface area contributed by atoms with Gasteiger partial charge in [0.1, 0.15) is 12.4 Å². The Labute approximate surface area is 124 Å². The van der Waals surface area contributed by atoms with Crippen molar-refractivity contribution in [3.63, 3.8) is 0 Å². The first kappa shape index (κ1) is 15.3. The number of amides is 1. The van der Waals surface area contributed by atoms with Crippen molar-refractivity contribution in [2.45, 2.75) is 32.4 Å². The Kier molecular flexibility index (Phi) is 5.00. The molecule has 1 amide bonds. The number of likely N-dealkylation sites (N-methyl/N-ethyl adjacent to an activating group) is 1. The minimum Gasteiger partial charge on any atom is -0.348 e. The van der Waals surface area contributed by atoms with E-state index in [-0.39, 0.29) is 17.8 Å². The molecule has 110 valence electrons. The van der Waals surface area contributed by atoms with Crippen molar-refractivity contribution in [2.24, 2.45) is 5.92 Å². The lowest BCUT2D eigenvalue weighted by Crippen LogP contribution is -3.09. The van der Waals surface area contributed by atoms with Crippen molar-refractivity contribution in [3.8, 4) is 0 Å². The molecule has 3 nitrogen and oxygen atoms in total. The summed E-state index contributed by atoms with van der Waals surface area (Å²) in [6.45, 7) is 2.76. The van der Waals surface area contributed by atoms with Crippen molar-refractivity contribution in [2.75, 3.05) is 13.6 Å². The second kappa shape index (κ2) is 6.55. The Morgan fingerprint density at radius 2 is 2.25 bits per heavy atom. The van der Waals surface area contributed by atoms with Crippen LogP contribution in [0.4, 0.5) is 4.39 Å². The van der Waals surface area contributed by atoms with E-state index in [4.69, 9.17) is 11.6 Å².